The highest BCUT2D eigenvalue weighted by atomic mass is 16.5. The first kappa shape index (κ1) is 10.3. The predicted octanol–water partition coefficient (Wildman–Crippen LogP) is 0.827. The van der Waals surface area contributed by atoms with Gasteiger partial charge in [0.05, 0.1) is 12.1 Å². The van der Waals surface area contributed by atoms with Crippen LogP contribution in [0.15, 0.2) is 0 Å². The Morgan fingerprint density at radius 2 is 2.23 bits per heavy atom. The molecule has 76 valence electrons. The van der Waals surface area contributed by atoms with Gasteiger partial charge in [0.25, 0.3) is 0 Å². The topological polar surface area (TPSA) is 41.6 Å². The van der Waals surface area contributed by atoms with Crippen molar-refractivity contribution in [3.8, 4) is 0 Å². The zero-order chi connectivity index (χ0) is 9.90. The first-order chi connectivity index (χ1) is 6.05. The zero-order valence-corrected chi connectivity index (χ0v) is 8.59. The van der Waals surface area contributed by atoms with Gasteiger partial charge in [-0.15, -0.1) is 0 Å². The molecule has 0 bridgehead atoms. The molecule has 0 aromatic carbocycles. The largest absolute Gasteiger partial charge is 0.374 e. The van der Waals surface area contributed by atoms with E-state index < -0.39 is 0 Å². The second kappa shape index (κ2) is 3.96. The highest BCUT2D eigenvalue weighted by Gasteiger charge is 2.27. The third kappa shape index (κ3) is 2.88. The molecule has 0 atom stereocenters. The number of rotatable bonds is 0. The van der Waals surface area contributed by atoms with Gasteiger partial charge in [0.1, 0.15) is 0 Å². The minimum Gasteiger partial charge on any atom is -0.374 e. The van der Waals surface area contributed by atoms with Gasteiger partial charge in [0.2, 0.25) is 0 Å². The molecule has 0 aromatic heterocycles. The summed E-state index contributed by atoms with van der Waals surface area (Å²) < 4.78 is 5.59. The molecule has 1 saturated heterocycles. The number of amides is 2. The molecule has 1 heterocycles. The summed E-state index contributed by atoms with van der Waals surface area (Å²) in [5.41, 5.74) is -0.219. The van der Waals surface area contributed by atoms with Gasteiger partial charge in [0, 0.05) is 20.2 Å². The number of carbonyl (C=O) groups is 1. The van der Waals surface area contributed by atoms with Crippen LogP contribution in [0.4, 0.5) is 4.79 Å². The van der Waals surface area contributed by atoms with Crippen molar-refractivity contribution in [1.29, 1.82) is 0 Å². The van der Waals surface area contributed by atoms with Crippen molar-refractivity contribution in [2.24, 2.45) is 0 Å². The number of nitrogens with one attached hydrogen (secondary N) is 1. The van der Waals surface area contributed by atoms with E-state index in [4.69, 9.17) is 4.74 Å². The van der Waals surface area contributed by atoms with Crippen molar-refractivity contribution in [2.45, 2.75) is 25.9 Å². The molecule has 1 aliphatic rings. The maximum Gasteiger partial charge on any atom is 0.317 e. The number of hydrogen-bond donors (Lipinski definition) is 1. The van der Waals surface area contributed by atoms with Gasteiger partial charge in [-0.1, -0.05) is 0 Å². The van der Waals surface area contributed by atoms with Gasteiger partial charge in [-0.05, 0) is 20.3 Å². The first-order valence-electron chi connectivity index (χ1n) is 4.66. The van der Waals surface area contributed by atoms with Crippen LogP contribution in [0.1, 0.15) is 20.3 Å². The maximum atomic E-state index is 11.4. The van der Waals surface area contributed by atoms with Crippen LogP contribution in [-0.2, 0) is 4.74 Å². The Labute approximate surface area is 79.2 Å². The highest BCUT2D eigenvalue weighted by Crippen LogP contribution is 2.15. The van der Waals surface area contributed by atoms with E-state index in [1.165, 1.54) is 0 Å². The van der Waals surface area contributed by atoms with E-state index in [1.54, 1.807) is 11.9 Å². The Kier molecular flexibility index (Phi) is 3.14. The second-order valence-electron chi connectivity index (χ2n) is 3.94. The molecule has 0 saturated carbocycles. The fourth-order valence-electron chi connectivity index (χ4n) is 1.52. The van der Waals surface area contributed by atoms with Gasteiger partial charge in [-0.25, -0.2) is 4.79 Å². The third-order valence-electron chi connectivity index (χ3n) is 2.14. The zero-order valence-electron chi connectivity index (χ0n) is 8.59. The number of ether oxygens (including phenoxy) is 1. The van der Waals surface area contributed by atoms with Crippen molar-refractivity contribution in [2.75, 3.05) is 26.7 Å². The molecular weight excluding hydrogens is 168 g/mol. The first-order valence-corrected chi connectivity index (χ1v) is 4.66. The van der Waals surface area contributed by atoms with E-state index in [-0.39, 0.29) is 11.6 Å². The lowest BCUT2D eigenvalue weighted by Crippen LogP contribution is -2.45. The van der Waals surface area contributed by atoms with Crippen LogP contribution in [0.3, 0.4) is 0 Å². The van der Waals surface area contributed by atoms with Gasteiger partial charge in [-0.2, -0.15) is 0 Å². The summed E-state index contributed by atoms with van der Waals surface area (Å²) in [7, 11) is 1.65. The van der Waals surface area contributed by atoms with Crippen LogP contribution in [0.5, 0.6) is 0 Å². The van der Waals surface area contributed by atoms with Crippen LogP contribution >= 0.6 is 0 Å². The Bertz CT molecular complexity index is 192. The quantitative estimate of drug-likeness (QED) is 0.608. The second-order valence-corrected chi connectivity index (χ2v) is 3.94. The van der Waals surface area contributed by atoms with E-state index in [2.05, 4.69) is 5.32 Å². The minimum atomic E-state index is -0.219. The van der Waals surface area contributed by atoms with Gasteiger partial charge in [-0.3, -0.25) is 0 Å². The summed E-state index contributed by atoms with van der Waals surface area (Å²) >= 11 is 0. The normalized spacial score (nSPS) is 22.2. The van der Waals surface area contributed by atoms with Crippen LogP contribution in [0.2, 0.25) is 0 Å². The van der Waals surface area contributed by atoms with Crippen molar-refractivity contribution in [1.82, 2.24) is 10.2 Å². The monoisotopic (exact) mass is 186 g/mol. The molecule has 1 fully saturated rings. The van der Waals surface area contributed by atoms with Crippen LogP contribution in [0.25, 0.3) is 0 Å². The average Bonchev–Trinajstić information content (AvgIpc) is 2.25. The van der Waals surface area contributed by atoms with E-state index in [0.29, 0.717) is 6.54 Å². The van der Waals surface area contributed by atoms with E-state index >= 15 is 0 Å². The summed E-state index contributed by atoms with van der Waals surface area (Å²) in [6.45, 7) is 6.19. The molecule has 1 rings (SSSR count). The standard InChI is InChI=1S/C9H18N2O2/c1-9(2)7-11(8(12)10-3)5-4-6-13-9/h4-7H2,1-3H3,(H,10,12). The Hall–Kier alpha value is -0.770. The van der Waals surface area contributed by atoms with Gasteiger partial charge < -0.3 is 15.0 Å². The molecular formula is C9H18N2O2. The molecule has 0 unspecified atom stereocenters. The highest BCUT2D eigenvalue weighted by molar-refractivity contribution is 5.73. The molecule has 0 radical (unpaired) electrons. The minimum absolute atomic E-state index is 0.0152. The molecule has 0 spiro atoms. The van der Waals surface area contributed by atoms with Crippen LogP contribution < -0.4 is 5.32 Å². The van der Waals surface area contributed by atoms with Crippen LogP contribution in [-0.4, -0.2) is 43.3 Å². The van der Waals surface area contributed by atoms with Crippen molar-refractivity contribution in [3.05, 3.63) is 0 Å². The van der Waals surface area contributed by atoms with Crippen molar-refractivity contribution < 1.29 is 9.53 Å². The van der Waals surface area contributed by atoms with Crippen LogP contribution in [0, 0.1) is 0 Å². The number of carbonyl (C=O) groups excluding carboxylic acids is 1. The summed E-state index contributed by atoms with van der Waals surface area (Å²) in [5, 5.41) is 2.63. The molecule has 1 N–H and O–H groups in total. The number of hydrogen-bond acceptors (Lipinski definition) is 2. The fraction of sp³-hybridized carbons (Fsp3) is 0.889. The molecule has 1 aliphatic heterocycles. The Morgan fingerprint density at radius 3 is 2.85 bits per heavy atom. The lowest BCUT2D eigenvalue weighted by atomic mass is 10.1. The number of urea groups is 1. The molecule has 0 aliphatic carbocycles. The molecule has 2 amide bonds. The molecule has 0 aromatic rings. The maximum absolute atomic E-state index is 11.4. The van der Waals surface area contributed by atoms with Gasteiger partial charge in [0.15, 0.2) is 0 Å². The number of nitrogens with zero attached hydrogens (tertiary/aromatic N) is 1. The van der Waals surface area contributed by atoms with E-state index in [9.17, 15) is 4.79 Å². The summed E-state index contributed by atoms with van der Waals surface area (Å²) in [5.74, 6) is 0. The lowest BCUT2D eigenvalue weighted by Gasteiger charge is -2.28. The van der Waals surface area contributed by atoms with Gasteiger partial charge >= 0.3 is 6.03 Å². The average molecular weight is 186 g/mol. The predicted molar refractivity (Wildman–Crippen MR) is 50.7 cm³/mol. The molecule has 4 heteroatoms. The van der Waals surface area contributed by atoms with E-state index in [1.807, 2.05) is 13.8 Å². The molecule has 4 nitrogen and oxygen atoms in total. The lowest BCUT2D eigenvalue weighted by molar-refractivity contribution is -0.0131. The third-order valence-corrected chi connectivity index (χ3v) is 2.14. The molecule has 13 heavy (non-hydrogen) atoms. The summed E-state index contributed by atoms with van der Waals surface area (Å²) in [6, 6.07) is -0.0152. The Balaban J connectivity index is 2.59. The summed E-state index contributed by atoms with van der Waals surface area (Å²) in [4.78, 5) is 13.2. The SMILES string of the molecule is CNC(=O)N1CCCOC(C)(C)C1. The smallest absolute Gasteiger partial charge is 0.317 e. The van der Waals surface area contributed by atoms with Crippen molar-refractivity contribution >= 4 is 6.03 Å². The summed E-state index contributed by atoms with van der Waals surface area (Å²) in [6.07, 6.45) is 0.914. The fourth-order valence-corrected chi connectivity index (χ4v) is 1.52. The van der Waals surface area contributed by atoms with E-state index in [0.717, 1.165) is 19.6 Å². The van der Waals surface area contributed by atoms with Crippen molar-refractivity contribution in [3.63, 3.8) is 0 Å². The Morgan fingerprint density at radius 1 is 1.54 bits per heavy atom.